The van der Waals surface area contributed by atoms with E-state index in [4.69, 9.17) is 9.47 Å². The lowest BCUT2D eigenvalue weighted by atomic mass is 9.74. The third-order valence-corrected chi connectivity index (χ3v) is 5.13. The summed E-state index contributed by atoms with van der Waals surface area (Å²) >= 11 is 3.34. The molecule has 0 aliphatic rings. The molecule has 0 unspecified atom stereocenters. The number of ketones is 1. The van der Waals surface area contributed by atoms with Crippen LogP contribution >= 0.6 is 15.9 Å². The van der Waals surface area contributed by atoms with Crippen molar-refractivity contribution in [2.45, 2.75) is 12.8 Å². The van der Waals surface area contributed by atoms with Gasteiger partial charge in [0.2, 0.25) is 0 Å². The maximum absolute atomic E-state index is 13.2. The maximum atomic E-state index is 13.2. The fourth-order valence-electron chi connectivity index (χ4n) is 3.14. The predicted octanol–water partition coefficient (Wildman–Crippen LogP) is 4.15. The minimum absolute atomic E-state index is 0.282. The number of hydrogen-bond acceptors (Lipinski definition) is 5. The van der Waals surface area contributed by atoms with E-state index in [0.29, 0.717) is 5.56 Å². The van der Waals surface area contributed by atoms with Crippen LogP contribution in [0.4, 0.5) is 4.39 Å². The molecule has 0 amide bonds. The average molecular weight is 451 g/mol. The number of rotatable bonds is 7. The first-order valence-corrected chi connectivity index (χ1v) is 9.30. The summed E-state index contributed by atoms with van der Waals surface area (Å²) in [7, 11) is 2.34. The Labute approximate surface area is 171 Å². The highest BCUT2D eigenvalue weighted by atomic mass is 79.9. The molecule has 2 rings (SSSR count). The molecule has 0 aliphatic carbocycles. The van der Waals surface area contributed by atoms with E-state index in [9.17, 15) is 18.8 Å². The molecule has 0 aliphatic heterocycles. The number of benzene rings is 2. The van der Waals surface area contributed by atoms with Gasteiger partial charge in [-0.15, -0.1) is 0 Å². The Balaban J connectivity index is 2.53. The van der Waals surface area contributed by atoms with Gasteiger partial charge in [-0.3, -0.25) is 14.4 Å². The number of esters is 2. The molecule has 0 spiro atoms. The molecule has 148 valence electrons. The third-order valence-electron chi connectivity index (χ3n) is 4.61. The molecule has 0 saturated heterocycles. The molecule has 2 aromatic rings. The van der Waals surface area contributed by atoms with Crippen molar-refractivity contribution in [3.63, 3.8) is 0 Å². The molecule has 0 N–H and O–H groups in total. The second-order valence-electron chi connectivity index (χ2n) is 6.26. The van der Waals surface area contributed by atoms with Crippen LogP contribution in [0.25, 0.3) is 0 Å². The van der Waals surface area contributed by atoms with Crippen molar-refractivity contribution >= 4 is 33.7 Å². The van der Waals surface area contributed by atoms with Crippen LogP contribution in [0.3, 0.4) is 0 Å². The number of Topliss-reactive ketones (excluding diaryl/α,β-unsaturated/α-hetero) is 1. The standard InChI is InChI=1S/C21H20BrFO5/c1-12(19(24)14-6-10-16(23)11-7-14)17(13-4-8-15(22)9-5-13)18(20(25)27-2)21(26)28-3/h4-12,17-18H,1-3H3/t12-,17-/m0/s1. The molecular weight excluding hydrogens is 431 g/mol. The van der Waals surface area contributed by atoms with Gasteiger partial charge in [-0.2, -0.15) is 0 Å². The van der Waals surface area contributed by atoms with Crippen molar-refractivity contribution < 1.29 is 28.2 Å². The van der Waals surface area contributed by atoms with Crippen LogP contribution in [-0.2, 0) is 19.1 Å². The molecule has 5 nitrogen and oxygen atoms in total. The van der Waals surface area contributed by atoms with E-state index in [1.165, 1.54) is 38.5 Å². The zero-order valence-corrected chi connectivity index (χ0v) is 17.2. The first-order valence-electron chi connectivity index (χ1n) is 8.51. The molecule has 0 bridgehead atoms. The topological polar surface area (TPSA) is 69.7 Å². The number of halogens is 2. The third kappa shape index (κ3) is 4.84. The Kier molecular flexibility index (Phi) is 7.45. The van der Waals surface area contributed by atoms with Crippen LogP contribution in [0.5, 0.6) is 0 Å². The summed E-state index contributed by atoms with van der Waals surface area (Å²) in [5.74, 6) is -5.31. The van der Waals surface area contributed by atoms with Crippen LogP contribution in [0.2, 0.25) is 0 Å². The van der Waals surface area contributed by atoms with E-state index in [1.807, 2.05) is 0 Å². The smallest absolute Gasteiger partial charge is 0.320 e. The van der Waals surface area contributed by atoms with Gasteiger partial charge in [0.05, 0.1) is 14.2 Å². The summed E-state index contributed by atoms with van der Waals surface area (Å²) in [6, 6.07) is 12.1. The van der Waals surface area contributed by atoms with E-state index in [0.717, 1.165) is 4.47 Å². The number of methoxy groups -OCH3 is 2. The van der Waals surface area contributed by atoms with Crippen LogP contribution in [-0.4, -0.2) is 31.9 Å². The molecule has 2 aromatic carbocycles. The maximum Gasteiger partial charge on any atom is 0.320 e. The molecule has 0 fully saturated rings. The van der Waals surface area contributed by atoms with E-state index < -0.39 is 35.5 Å². The van der Waals surface area contributed by atoms with Gasteiger partial charge in [0.1, 0.15) is 5.82 Å². The van der Waals surface area contributed by atoms with Crippen molar-refractivity contribution in [3.8, 4) is 0 Å². The van der Waals surface area contributed by atoms with E-state index in [2.05, 4.69) is 15.9 Å². The summed E-state index contributed by atoms with van der Waals surface area (Å²) in [6.07, 6.45) is 0. The number of carbonyl (C=O) groups excluding carboxylic acids is 3. The first-order chi connectivity index (χ1) is 13.3. The monoisotopic (exact) mass is 450 g/mol. The Hall–Kier alpha value is -2.54. The zero-order chi connectivity index (χ0) is 20.8. The zero-order valence-electron chi connectivity index (χ0n) is 15.6. The Morgan fingerprint density at radius 1 is 0.893 bits per heavy atom. The van der Waals surface area contributed by atoms with Crippen LogP contribution in [0.1, 0.15) is 28.8 Å². The Morgan fingerprint density at radius 3 is 1.86 bits per heavy atom. The van der Waals surface area contributed by atoms with Gasteiger partial charge in [0.15, 0.2) is 11.7 Å². The largest absolute Gasteiger partial charge is 0.468 e. The average Bonchev–Trinajstić information content (AvgIpc) is 2.71. The van der Waals surface area contributed by atoms with Crippen molar-refractivity contribution in [1.82, 2.24) is 0 Å². The normalized spacial score (nSPS) is 12.9. The minimum atomic E-state index is -1.32. The van der Waals surface area contributed by atoms with Gasteiger partial charge in [0, 0.05) is 21.9 Å². The first kappa shape index (κ1) is 21.8. The number of carbonyl (C=O) groups is 3. The summed E-state index contributed by atoms with van der Waals surface area (Å²) in [6.45, 7) is 1.62. The molecule has 0 saturated carbocycles. The van der Waals surface area contributed by atoms with Crippen molar-refractivity contribution in [2.75, 3.05) is 14.2 Å². The number of ether oxygens (including phenoxy) is 2. The highest BCUT2D eigenvalue weighted by Crippen LogP contribution is 2.36. The van der Waals surface area contributed by atoms with Crippen LogP contribution in [0.15, 0.2) is 53.0 Å². The van der Waals surface area contributed by atoms with Gasteiger partial charge in [0.25, 0.3) is 0 Å². The molecule has 0 aromatic heterocycles. The minimum Gasteiger partial charge on any atom is -0.468 e. The second-order valence-corrected chi connectivity index (χ2v) is 7.18. The fraction of sp³-hybridized carbons (Fsp3) is 0.286. The van der Waals surface area contributed by atoms with E-state index in [1.54, 1.807) is 31.2 Å². The van der Waals surface area contributed by atoms with E-state index >= 15 is 0 Å². The van der Waals surface area contributed by atoms with Gasteiger partial charge >= 0.3 is 11.9 Å². The van der Waals surface area contributed by atoms with Crippen molar-refractivity contribution in [3.05, 3.63) is 69.9 Å². The summed E-state index contributed by atoms with van der Waals surface area (Å²) in [5.41, 5.74) is 0.886. The predicted molar refractivity (Wildman–Crippen MR) is 104 cm³/mol. The number of hydrogen-bond donors (Lipinski definition) is 0. The van der Waals surface area contributed by atoms with Crippen molar-refractivity contribution in [2.24, 2.45) is 11.8 Å². The lowest BCUT2D eigenvalue weighted by Crippen LogP contribution is -2.37. The van der Waals surface area contributed by atoms with Gasteiger partial charge in [-0.1, -0.05) is 35.0 Å². The van der Waals surface area contributed by atoms with Gasteiger partial charge < -0.3 is 9.47 Å². The Morgan fingerprint density at radius 2 is 1.39 bits per heavy atom. The second kappa shape index (κ2) is 9.59. The quantitative estimate of drug-likeness (QED) is 0.360. The summed E-state index contributed by atoms with van der Waals surface area (Å²) in [4.78, 5) is 37.8. The van der Waals surface area contributed by atoms with Crippen molar-refractivity contribution in [1.29, 1.82) is 0 Å². The lowest BCUT2D eigenvalue weighted by Gasteiger charge is -2.28. The highest BCUT2D eigenvalue weighted by Gasteiger charge is 2.43. The summed E-state index contributed by atoms with van der Waals surface area (Å²) in [5, 5.41) is 0. The van der Waals surface area contributed by atoms with Gasteiger partial charge in [-0.05, 0) is 42.0 Å². The fourth-order valence-corrected chi connectivity index (χ4v) is 3.40. The SMILES string of the molecule is COC(=O)C(C(=O)OC)[C@H](c1ccc(Br)cc1)[C@H](C)C(=O)c1ccc(F)cc1. The van der Waals surface area contributed by atoms with Crippen LogP contribution < -0.4 is 0 Å². The molecule has 7 heteroatoms. The van der Waals surface area contributed by atoms with Crippen LogP contribution in [0, 0.1) is 17.7 Å². The Bertz CT molecular complexity index is 832. The molecule has 0 radical (unpaired) electrons. The molecule has 2 atom stereocenters. The molecule has 0 heterocycles. The lowest BCUT2D eigenvalue weighted by molar-refractivity contribution is -0.160. The molecule has 28 heavy (non-hydrogen) atoms. The summed E-state index contributed by atoms with van der Waals surface area (Å²) < 4.78 is 23.6. The van der Waals surface area contributed by atoms with E-state index in [-0.39, 0.29) is 11.3 Å². The highest BCUT2D eigenvalue weighted by molar-refractivity contribution is 9.10. The molecular formula is C21H20BrFO5. The van der Waals surface area contributed by atoms with Gasteiger partial charge in [-0.25, -0.2) is 4.39 Å².